The van der Waals surface area contributed by atoms with Gasteiger partial charge in [0.15, 0.2) is 0 Å². The fraction of sp³-hybridized carbons (Fsp3) is 0.250. The summed E-state index contributed by atoms with van der Waals surface area (Å²) in [6.45, 7) is 2.22. The monoisotopic (exact) mass is 328 g/mol. The molecule has 0 unspecified atom stereocenters. The minimum atomic E-state index is -0.620. The molecular weight excluding hydrogens is 316 g/mol. The molecule has 2 heterocycles. The van der Waals surface area contributed by atoms with Gasteiger partial charge in [0.05, 0.1) is 5.69 Å². The third-order valence-electron chi connectivity index (χ3n) is 4.27. The highest BCUT2D eigenvalue weighted by molar-refractivity contribution is 6.31. The lowest BCUT2D eigenvalue weighted by atomic mass is 9.96. The van der Waals surface area contributed by atoms with Crippen molar-refractivity contribution < 1.29 is 4.52 Å². The quantitative estimate of drug-likeness (QED) is 0.798. The second-order valence-electron chi connectivity index (χ2n) is 5.99. The summed E-state index contributed by atoms with van der Waals surface area (Å²) in [7, 11) is 0. The Morgan fingerprint density at radius 1 is 1.22 bits per heavy atom. The van der Waals surface area contributed by atoms with Gasteiger partial charge < -0.3 is 0 Å². The first-order valence-electron chi connectivity index (χ1n) is 7.24. The molecule has 0 atom stereocenters. The average molecular weight is 329 g/mol. The third kappa shape index (κ3) is 2.55. The third-order valence-corrected chi connectivity index (χ3v) is 4.58. The molecule has 3 aromatic rings. The summed E-state index contributed by atoms with van der Waals surface area (Å²) in [6, 6.07) is 7.71. The standard InChI is InChI=1S/C16H13ClN4O2/c1-16(4-5-16)10-3-2-9(6-11(10)17)12-7-13(19-8-18-12)14-20-15(22)23-21-14/h2-3,6-8H,4-5H2,1H3,(H,20,21,22). The van der Waals surface area contributed by atoms with Crippen LogP contribution in [-0.4, -0.2) is 20.1 Å². The van der Waals surface area contributed by atoms with E-state index in [1.54, 1.807) is 6.07 Å². The minimum absolute atomic E-state index is 0.215. The van der Waals surface area contributed by atoms with E-state index in [-0.39, 0.29) is 11.2 Å². The van der Waals surface area contributed by atoms with Gasteiger partial charge in [-0.25, -0.2) is 14.8 Å². The van der Waals surface area contributed by atoms with Crippen LogP contribution >= 0.6 is 11.6 Å². The number of aromatic nitrogens is 4. The molecule has 0 bridgehead atoms. The van der Waals surface area contributed by atoms with Gasteiger partial charge in [-0.15, -0.1) is 0 Å². The van der Waals surface area contributed by atoms with Gasteiger partial charge >= 0.3 is 5.76 Å². The molecule has 4 rings (SSSR count). The Hall–Kier alpha value is -2.47. The van der Waals surface area contributed by atoms with E-state index < -0.39 is 5.76 Å². The van der Waals surface area contributed by atoms with Crippen molar-refractivity contribution in [2.45, 2.75) is 25.2 Å². The van der Waals surface area contributed by atoms with Crippen molar-refractivity contribution in [2.24, 2.45) is 0 Å². The number of nitrogens with zero attached hydrogens (tertiary/aromatic N) is 3. The summed E-state index contributed by atoms with van der Waals surface area (Å²) in [5, 5.41) is 4.38. The van der Waals surface area contributed by atoms with Crippen LogP contribution in [0.4, 0.5) is 0 Å². The molecule has 6 nitrogen and oxygen atoms in total. The fourth-order valence-corrected chi connectivity index (χ4v) is 3.01. The predicted octanol–water partition coefficient (Wildman–Crippen LogP) is 3.19. The van der Waals surface area contributed by atoms with Gasteiger partial charge in [0.1, 0.15) is 12.0 Å². The maximum Gasteiger partial charge on any atom is 0.439 e. The highest BCUT2D eigenvalue weighted by Crippen LogP contribution is 2.50. The second-order valence-corrected chi connectivity index (χ2v) is 6.39. The normalized spacial score (nSPS) is 15.6. The summed E-state index contributed by atoms with van der Waals surface area (Å²) in [5.41, 5.74) is 3.46. The topological polar surface area (TPSA) is 84.7 Å². The van der Waals surface area contributed by atoms with Crippen molar-refractivity contribution >= 4 is 11.6 Å². The number of benzene rings is 1. The van der Waals surface area contributed by atoms with Crippen LogP contribution in [0.25, 0.3) is 22.8 Å². The van der Waals surface area contributed by atoms with Gasteiger partial charge in [-0.3, -0.25) is 9.51 Å². The molecule has 1 aromatic carbocycles. The summed E-state index contributed by atoms with van der Waals surface area (Å²) in [4.78, 5) is 21.9. The number of halogens is 1. The first kappa shape index (κ1) is 14.1. The Bertz CT molecular complexity index is 943. The van der Waals surface area contributed by atoms with Crippen molar-refractivity contribution in [2.75, 3.05) is 0 Å². The Morgan fingerprint density at radius 2 is 2.00 bits per heavy atom. The molecule has 1 aliphatic rings. The zero-order valence-corrected chi connectivity index (χ0v) is 13.1. The number of aromatic amines is 1. The molecule has 7 heteroatoms. The van der Waals surface area contributed by atoms with Crippen LogP contribution in [0.3, 0.4) is 0 Å². The minimum Gasteiger partial charge on any atom is -0.296 e. The Morgan fingerprint density at radius 3 is 2.65 bits per heavy atom. The Balaban J connectivity index is 1.73. The SMILES string of the molecule is CC1(c2ccc(-c3cc(-c4noc(=O)[nH]4)ncn3)cc2Cl)CC1. The average Bonchev–Trinajstić information content (AvgIpc) is 3.14. The molecule has 116 valence electrons. The molecule has 23 heavy (non-hydrogen) atoms. The number of rotatable bonds is 3. The van der Waals surface area contributed by atoms with Gasteiger partial charge in [0.2, 0.25) is 5.82 Å². The maximum atomic E-state index is 11.1. The van der Waals surface area contributed by atoms with Crippen LogP contribution in [-0.2, 0) is 5.41 Å². The molecule has 1 fully saturated rings. The van der Waals surface area contributed by atoms with Gasteiger partial charge in [-0.05, 0) is 36.0 Å². The molecule has 0 radical (unpaired) electrons. The van der Waals surface area contributed by atoms with E-state index in [9.17, 15) is 4.79 Å². The lowest BCUT2D eigenvalue weighted by Gasteiger charge is -2.12. The smallest absolute Gasteiger partial charge is 0.296 e. The van der Waals surface area contributed by atoms with Gasteiger partial charge in [-0.1, -0.05) is 35.8 Å². The largest absolute Gasteiger partial charge is 0.439 e. The van der Waals surface area contributed by atoms with Gasteiger partial charge in [-0.2, -0.15) is 0 Å². The van der Waals surface area contributed by atoms with Crippen molar-refractivity contribution in [3.05, 3.63) is 51.7 Å². The molecule has 1 N–H and O–H groups in total. The Labute approximate surface area is 136 Å². The molecule has 0 amide bonds. The molecule has 0 spiro atoms. The predicted molar refractivity (Wildman–Crippen MR) is 85.2 cm³/mol. The van der Waals surface area contributed by atoms with Crippen LogP contribution in [0.2, 0.25) is 5.02 Å². The molecule has 0 aliphatic heterocycles. The second kappa shape index (κ2) is 5.03. The lowest BCUT2D eigenvalue weighted by Crippen LogP contribution is -2.01. The Kier molecular flexibility index (Phi) is 3.09. The number of nitrogens with one attached hydrogen (secondary N) is 1. The number of hydrogen-bond donors (Lipinski definition) is 1. The van der Waals surface area contributed by atoms with Crippen LogP contribution in [0.5, 0.6) is 0 Å². The van der Waals surface area contributed by atoms with Crippen molar-refractivity contribution in [1.82, 2.24) is 20.1 Å². The van der Waals surface area contributed by atoms with Crippen LogP contribution in [0, 0.1) is 0 Å². The van der Waals surface area contributed by atoms with E-state index >= 15 is 0 Å². The zero-order valence-electron chi connectivity index (χ0n) is 12.3. The number of hydrogen-bond acceptors (Lipinski definition) is 5. The van der Waals surface area contributed by atoms with Crippen molar-refractivity contribution in [3.63, 3.8) is 0 Å². The summed E-state index contributed by atoms with van der Waals surface area (Å²) < 4.78 is 4.50. The first-order chi connectivity index (χ1) is 11.0. The molecule has 0 saturated heterocycles. The highest BCUT2D eigenvalue weighted by Gasteiger charge is 2.40. The molecule has 1 aliphatic carbocycles. The first-order valence-corrected chi connectivity index (χ1v) is 7.62. The van der Waals surface area contributed by atoms with Crippen LogP contribution in [0.15, 0.2) is 39.9 Å². The lowest BCUT2D eigenvalue weighted by molar-refractivity contribution is 0.387. The van der Waals surface area contributed by atoms with Crippen molar-refractivity contribution in [3.8, 4) is 22.8 Å². The van der Waals surface area contributed by atoms with Gasteiger partial charge in [0.25, 0.3) is 0 Å². The number of H-pyrrole nitrogens is 1. The van der Waals surface area contributed by atoms with E-state index in [1.165, 1.54) is 24.7 Å². The van der Waals surface area contributed by atoms with E-state index in [4.69, 9.17) is 11.6 Å². The van der Waals surface area contributed by atoms with Crippen LogP contribution < -0.4 is 5.76 Å². The van der Waals surface area contributed by atoms with Crippen LogP contribution in [0.1, 0.15) is 25.3 Å². The summed E-state index contributed by atoms with van der Waals surface area (Å²) in [6.07, 6.45) is 3.76. The highest BCUT2D eigenvalue weighted by atomic mass is 35.5. The zero-order chi connectivity index (χ0) is 16.0. The van der Waals surface area contributed by atoms with E-state index in [1.807, 2.05) is 12.1 Å². The molecule has 1 saturated carbocycles. The van der Waals surface area contributed by atoms with E-state index in [0.717, 1.165) is 10.6 Å². The van der Waals surface area contributed by atoms with E-state index in [0.29, 0.717) is 11.4 Å². The molecule has 2 aromatic heterocycles. The van der Waals surface area contributed by atoms with Crippen molar-refractivity contribution in [1.29, 1.82) is 0 Å². The fourth-order valence-electron chi connectivity index (χ4n) is 2.61. The summed E-state index contributed by atoms with van der Waals surface area (Å²) in [5.74, 6) is -0.350. The van der Waals surface area contributed by atoms with Gasteiger partial charge in [0, 0.05) is 10.6 Å². The maximum absolute atomic E-state index is 11.1. The molecular formula is C16H13ClN4O2. The summed E-state index contributed by atoms with van der Waals surface area (Å²) >= 11 is 6.45. The van der Waals surface area contributed by atoms with E-state index in [2.05, 4.69) is 37.6 Å².